The van der Waals surface area contributed by atoms with Gasteiger partial charge in [-0.1, -0.05) is 18.2 Å². The van der Waals surface area contributed by atoms with Crippen molar-refractivity contribution in [2.45, 2.75) is 18.2 Å². The first-order valence-corrected chi connectivity index (χ1v) is 8.94. The molecule has 23 heavy (non-hydrogen) atoms. The molecule has 7 heteroatoms. The first-order valence-electron chi connectivity index (χ1n) is 7.05. The zero-order valence-electron chi connectivity index (χ0n) is 12.9. The van der Waals surface area contributed by atoms with Crippen molar-refractivity contribution in [3.05, 3.63) is 63.7 Å². The predicted octanol–water partition coefficient (Wildman–Crippen LogP) is 2.96. The average molecular weight is 334 g/mol. The van der Waals surface area contributed by atoms with Crippen molar-refractivity contribution < 1.29 is 13.3 Å². The van der Waals surface area contributed by atoms with Crippen molar-refractivity contribution >= 4 is 21.2 Å². The van der Waals surface area contributed by atoms with Gasteiger partial charge in [-0.15, -0.1) is 0 Å². The van der Waals surface area contributed by atoms with Gasteiger partial charge < -0.3 is 5.32 Å². The van der Waals surface area contributed by atoms with Gasteiger partial charge >= 0.3 is 0 Å². The summed E-state index contributed by atoms with van der Waals surface area (Å²) >= 11 is 0. The van der Waals surface area contributed by atoms with Crippen LogP contribution < -0.4 is 5.32 Å². The van der Waals surface area contributed by atoms with E-state index in [1.54, 1.807) is 37.3 Å². The summed E-state index contributed by atoms with van der Waals surface area (Å²) in [6.07, 6.45) is 1.80. The maximum absolute atomic E-state index is 11.4. The van der Waals surface area contributed by atoms with E-state index < -0.39 is 14.8 Å². The molecule has 0 aliphatic heterocycles. The Morgan fingerprint density at radius 2 is 1.78 bits per heavy atom. The van der Waals surface area contributed by atoms with Crippen molar-refractivity contribution in [1.82, 2.24) is 0 Å². The van der Waals surface area contributed by atoms with E-state index in [-0.39, 0.29) is 10.6 Å². The molecule has 0 atom stereocenters. The second kappa shape index (κ2) is 6.78. The summed E-state index contributed by atoms with van der Waals surface area (Å²) in [5, 5.41) is 14.1. The predicted molar refractivity (Wildman–Crippen MR) is 89.6 cm³/mol. The molecule has 0 bridgehead atoms. The molecule has 0 amide bonds. The lowest BCUT2D eigenvalue weighted by Crippen LogP contribution is -2.07. The number of aryl methyl sites for hydroxylation is 1. The van der Waals surface area contributed by atoms with E-state index in [4.69, 9.17) is 0 Å². The summed E-state index contributed by atoms with van der Waals surface area (Å²) in [6, 6.07) is 11.7. The van der Waals surface area contributed by atoms with Crippen LogP contribution in [0, 0.1) is 17.0 Å². The fourth-order valence-corrected chi connectivity index (χ4v) is 2.82. The fraction of sp³-hybridized carbons (Fsp3) is 0.250. The highest BCUT2D eigenvalue weighted by Crippen LogP contribution is 2.25. The zero-order valence-corrected chi connectivity index (χ0v) is 13.8. The second-order valence-electron chi connectivity index (χ2n) is 5.37. The third-order valence-corrected chi connectivity index (χ3v) is 4.56. The topological polar surface area (TPSA) is 89.3 Å². The van der Waals surface area contributed by atoms with Crippen LogP contribution in [0.25, 0.3) is 0 Å². The third kappa shape index (κ3) is 4.53. The lowest BCUT2D eigenvalue weighted by molar-refractivity contribution is -0.384. The van der Waals surface area contributed by atoms with E-state index in [9.17, 15) is 18.5 Å². The molecule has 2 rings (SSSR count). The van der Waals surface area contributed by atoms with E-state index in [1.165, 1.54) is 12.3 Å². The van der Waals surface area contributed by atoms with Crippen LogP contribution in [0.5, 0.6) is 0 Å². The van der Waals surface area contributed by atoms with Crippen LogP contribution in [0.2, 0.25) is 0 Å². The molecule has 1 N–H and O–H groups in total. The van der Waals surface area contributed by atoms with Crippen LogP contribution in [0.4, 0.5) is 11.4 Å². The average Bonchev–Trinajstić information content (AvgIpc) is 2.48. The van der Waals surface area contributed by atoms with Gasteiger partial charge in [-0.25, -0.2) is 8.42 Å². The van der Waals surface area contributed by atoms with E-state index in [2.05, 4.69) is 5.32 Å². The molecule has 0 aliphatic rings. The minimum absolute atomic E-state index is 0.0532. The summed E-state index contributed by atoms with van der Waals surface area (Å²) in [5.41, 5.74) is 2.32. The number of nitrogens with one attached hydrogen (secondary N) is 1. The highest BCUT2D eigenvalue weighted by Gasteiger charge is 2.13. The third-order valence-electron chi connectivity index (χ3n) is 3.43. The van der Waals surface area contributed by atoms with Gasteiger partial charge in [0, 0.05) is 18.9 Å². The molecule has 0 heterocycles. The van der Waals surface area contributed by atoms with Crippen molar-refractivity contribution in [2.75, 3.05) is 18.1 Å². The largest absolute Gasteiger partial charge is 0.379 e. The first-order chi connectivity index (χ1) is 10.8. The first kappa shape index (κ1) is 17.0. The van der Waals surface area contributed by atoms with Gasteiger partial charge in [-0.2, -0.15) is 0 Å². The summed E-state index contributed by atoms with van der Waals surface area (Å²) < 4.78 is 22.8. The number of nitrogens with zero attached hydrogens (tertiary/aromatic N) is 1. The van der Waals surface area contributed by atoms with Crippen molar-refractivity contribution in [3.8, 4) is 0 Å². The molecule has 0 spiro atoms. The van der Waals surface area contributed by atoms with Gasteiger partial charge in [0.15, 0.2) is 9.84 Å². The fourth-order valence-electron chi connectivity index (χ4n) is 2.19. The molecular formula is C16H18N2O4S. The molecule has 6 nitrogen and oxygen atoms in total. The van der Waals surface area contributed by atoms with Gasteiger partial charge in [-0.3, -0.25) is 10.1 Å². The summed E-state index contributed by atoms with van der Waals surface area (Å²) in [5.74, 6) is 0. The number of hydrogen-bond acceptors (Lipinski definition) is 5. The van der Waals surface area contributed by atoms with Crippen LogP contribution in [-0.2, 0) is 16.3 Å². The quantitative estimate of drug-likeness (QED) is 0.648. The molecule has 0 unspecified atom stereocenters. The molecule has 0 saturated heterocycles. The number of benzene rings is 2. The monoisotopic (exact) mass is 334 g/mol. The van der Waals surface area contributed by atoms with Gasteiger partial charge in [0.2, 0.25) is 0 Å². The lowest BCUT2D eigenvalue weighted by atomic mass is 10.1. The molecule has 2 aromatic carbocycles. The number of rotatable bonds is 6. The zero-order chi connectivity index (χ0) is 17.0. The van der Waals surface area contributed by atoms with E-state index in [0.29, 0.717) is 18.7 Å². The van der Waals surface area contributed by atoms with E-state index >= 15 is 0 Å². The van der Waals surface area contributed by atoms with Crippen molar-refractivity contribution in [3.63, 3.8) is 0 Å². The van der Waals surface area contributed by atoms with Gasteiger partial charge in [0.25, 0.3) is 5.69 Å². The summed E-state index contributed by atoms with van der Waals surface area (Å²) in [4.78, 5) is 10.9. The highest BCUT2D eigenvalue weighted by atomic mass is 32.2. The Labute approximate surface area is 135 Å². The molecule has 2 aromatic rings. The highest BCUT2D eigenvalue weighted by molar-refractivity contribution is 7.90. The smallest absolute Gasteiger partial charge is 0.292 e. The van der Waals surface area contributed by atoms with Crippen molar-refractivity contribution in [1.29, 1.82) is 0 Å². The Balaban J connectivity index is 2.02. The summed E-state index contributed by atoms with van der Waals surface area (Å²) in [7, 11) is -3.19. The van der Waals surface area contributed by atoms with Gasteiger partial charge in [0.05, 0.1) is 9.82 Å². The minimum Gasteiger partial charge on any atom is -0.379 e. The lowest BCUT2D eigenvalue weighted by Gasteiger charge is -2.08. The molecule has 122 valence electrons. The molecule has 0 aromatic heterocycles. The normalized spacial score (nSPS) is 11.2. The number of hydrogen-bond donors (Lipinski definition) is 1. The maximum Gasteiger partial charge on any atom is 0.292 e. The van der Waals surface area contributed by atoms with Crippen LogP contribution in [-0.4, -0.2) is 26.1 Å². The second-order valence-corrected chi connectivity index (χ2v) is 7.39. The minimum atomic E-state index is -3.19. The van der Waals surface area contributed by atoms with Crippen LogP contribution in [0.1, 0.15) is 11.1 Å². The standard InChI is InChI=1S/C16H18N2O4S/c1-12-3-8-15(16(11-12)18(19)20)17-10-9-13-4-6-14(7-5-13)23(2,21)22/h3-8,11,17H,9-10H2,1-2H3. The Bertz CT molecular complexity index is 814. The Hall–Kier alpha value is -2.41. The molecular weight excluding hydrogens is 316 g/mol. The molecule has 0 saturated carbocycles. The Kier molecular flexibility index (Phi) is 5.00. The van der Waals surface area contributed by atoms with Crippen LogP contribution in [0.15, 0.2) is 47.4 Å². The Morgan fingerprint density at radius 3 is 2.35 bits per heavy atom. The Morgan fingerprint density at radius 1 is 1.13 bits per heavy atom. The van der Waals surface area contributed by atoms with Crippen LogP contribution in [0.3, 0.4) is 0 Å². The SMILES string of the molecule is Cc1ccc(NCCc2ccc(S(C)(=O)=O)cc2)c([N+](=O)[O-])c1. The summed E-state index contributed by atoms with van der Waals surface area (Å²) in [6.45, 7) is 2.32. The number of nitro groups is 1. The van der Waals surface area contributed by atoms with Gasteiger partial charge in [-0.05, 0) is 42.7 Å². The molecule has 0 radical (unpaired) electrons. The van der Waals surface area contributed by atoms with E-state index in [0.717, 1.165) is 11.1 Å². The number of sulfone groups is 1. The number of nitro benzene ring substituents is 1. The van der Waals surface area contributed by atoms with Crippen molar-refractivity contribution in [2.24, 2.45) is 0 Å². The molecule has 0 aliphatic carbocycles. The van der Waals surface area contributed by atoms with Gasteiger partial charge in [0.1, 0.15) is 5.69 Å². The van der Waals surface area contributed by atoms with E-state index in [1.807, 2.05) is 6.07 Å². The number of anilines is 1. The van der Waals surface area contributed by atoms with Crippen LogP contribution >= 0.6 is 0 Å². The maximum atomic E-state index is 11.4. The molecule has 0 fully saturated rings.